The molecule has 1 aromatic carbocycles. The maximum atomic E-state index is 13.0. The third-order valence-electron chi connectivity index (χ3n) is 3.36. The van der Waals surface area contributed by atoms with Gasteiger partial charge in [0.15, 0.2) is 0 Å². The Kier molecular flexibility index (Phi) is 4.01. The lowest BCUT2D eigenvalue weighted by molar-refractivity contribution is -0.141. The lowest BCUT2D eigenvalue weighted by Crippen LogP contribution is -2.34. The standard InChI is InChI=1S/C13H14F3NO3/c14-13(15,16)10-4-2-1-3-9(10)11-5-8(19)6-17(11)12(20)7-18/h1-4,8,11,18-19H,5-7H2/t8-,11+/m1/s1. The van der Waals surface area contributed by atoms with Gasteiger partial charge < -0.3 is 15.1 Å². The highest BCUT2D eigenvalue weighted by molar-refractivity contribution is 5.78. The van der Waals surface area contributed by atoms with Gasteiger partial charge in [0.05, 0.1) is 17.7 Å². The van der Waals surface area contributed by atoms with Crippen molar-refractivity contribution in [1.82, 2.24) is 4.90 Å². The molecule has 110 valence electrons. The molecule has 0 aromatic heterocycles. The summed E-state index contributed by atoms with van der Waals surface area (Å²) in [5.74, 6) is -0.691. The van der Waals surface area contributed by atoms with Crippen molar-refractivity contribution < 1.29 is 28.2 Å². The Balaban J connectivity index is 2.42. The summed E-state index contributed by atoms with van der Waals surface area (Å²) in [4.78, 5) is 12.7. The van der Waals surface area contributed by atoms with Crippen LogP contribution in [0.5, 0.6) is 0 Å². The van der Waals surface area contributed by atoms with Crippen molar-refractivity contribution >= 4 is 5.91 Å². The number of alkyl halides is 3. The van der Waals surface area contributed by atoms with Crippen molar-refractivity contribution in [2.45, 2.75) is 24.7 Å². The summed E-state index contributed by atoms with van der Waals surface area (Å²) < 4.78 is 39.0. The SMILES string of the molecule is O=C(CO)N1C[C@H](O)C[C@H]1c1ccccc1C(F)(F)F. The molecule has 1 heterocycles. The molecule has 20 heavy (non-hydrogen) atoms. The number of rotatable bonds is 2. The minimum atomic E-state index is -4.53. The van der Waals surface area contributed by atoms with Gasteiger partial charge in [0.2, 0.25) is 5.91 Å². The van der Waals surface area contributed by atoms with Crippen molar-refractivity contribution in [1.29, 1.82) is 0 Å². The highest BCUT2D eigenvalue weighted by Crippen LogP contribution is 2.40. The largest absolute Gasteiger partial charge is 0.416 e. The Bertz CT molecular complexity index is 504. The number of likely N-dealkylation sites (tertiary alicyclic amines) is 1. The van der Waals surface area contributed by atoms with Gasteiger partial charge in [0, 0.05) is 6.54 Å². The molecule has 2 N–H and O–H groups in total. The third kappa shape index (κ3) is 2.78. The van der Waals surface area contributed by atoms with E-state index in [0.29, 0.717) is 0 Å². The first-order valence-corrected chi connectivity index (χ1v) is 6.09. The molecule has 0 unspecified atom stereocenters. The predicted octanol–water partition coefficient (Wildman–Crippen LogP) is 1.33. The fraction of sp³-hybridized carbons (Fsp3) is 0.462. The fourth-order valence-electron chi connectivity index (χ4n) is 2.52. The summed E-state index contributed by atoms with van der Waals surface area (Å²) in [6.07, 6.45) is -5.39. The molecule has 1 aromatic rings. The molecule has 2 rings (SSSR count). The van der Waals surface area contributed by atoms with Crippen molar-refractivity contribution in [3.8, 4) is 0 Å². The van der Waals surface area contributed by atoms with E-state index in [1.165, 1.54) is 18.2 Å². The molecule has 0 radical (unpaired) electrons. The molecule has 0 spiro atoms. The van der Waals surface area contributed by atoms with Crippen LogP contribution in [0.25, 0.3) is 0 Å². The van der Waals surface area contributed by atoms with Gasteiger partial charge in [-0.3, -0.25) is 4.79 Å². The van der Waals surface area contributed by atoms with Crippen LogP contribution in [-0.2, 0) is 11.0 Å². The molecule has 1 saturated heterocycles. The van der Waals surface area contributed by atoms with E-state index in [-0.39, 0.29) is 18.5 Å². The predicted molar refractivity (Wildman–Crippen MR) is 63.6 cm³/mol. The minimum absolute atomic E-state index is 0.0266. The van der Waals surface area contributed by atoms with E-state index >= 15 is 0 Å². The van der Waals surface area contributed by atoms with Gasteiger partial charge >= 0.3 is 6.18 Å². The lowest BCUT2D eigenvalue weighted by Gasteiger charge is -2.26. The topological polar surface area (TPSA) is 60.8 Å². The summed E-state index contributed by atoms with van der Waals surface area (Å²) in [5, 5.41) is 18.5. The van der Waals surface area contributed by atoms with Crippen molar-refractivity contribution in [3.05, 3.63) is 35.4 Å². The summed E-state index contributed by atoms with van der Waals surface area (Å²) in [7, 11) is 0. The van der Waals surface area contributed by atoms with Gasteiger partial charge in [-0.05, 0) is 18.1 Å². The number of halogens is 3. The summed E-state index contributed by atoms with van der Waals surface area (Å²) in [6.45, 7) is -0.867. The number of benzene rings is 1. The molecule has 1 amide bonds. The molecule has 0 bridgehead atoms. The van der Waals surface area contributed by atoms with Crippen LogP contribution in [0.4, 0.5) is 13.2 Å². The molecule has 7 heteroatoms. The zero-order chi connectivity index (χ0) is 14.9. The van der Waals surface area contributed by atoms with Gasteiger partial charge in [-0.1, -0.05) is 18.2 Å². The van der Waals surface area contributed by atoms with E-state index in [1.807, 2.05) is 0 Å². The Hall–Kier alpha value is -1.60. The van der Waals surface area contributed by atoms with Crippen LogP contribution in [0.3, 0.4) is 0 Å². The normalized spacial score (nSPS) is 23.1. The Morgan fingerprint density at radius 2 is 2.00 bits per heavy atom. The molecule has 0 saturated carbocycles. The first kappa shape index (κ1) is 14.8. The van der Waals surface area contributed by atoms with Gasteiger partial charge in [0.1, 0.15) is 6.61 Å². The first-order chi connectivity index (χ1) is 9.34. The maximum Gasteiger partial charge on any atom is 0.416 e. The molecular formula is C13H14F3NO3. The fourth-order valence-corrected chi connectivity index (χ4v) is 2.52. The number of hydrogen-bond donors (Lipinski definition) is 2. The maximum absolute atomic E-state index is 13.0. The summed E-state index contributed by atoms with van der Waals surface area (Å²) in [6, 6.07) is 4.10. The highest BCUT2D eigenvalue weighted by Gasteiger charge is 2.41. The van der Waals surface area contributed by atoms with E-state index in [1.54, 1.807) is 0 Å². The second-order valence-electron chi connectivity index (χ2n) is 4.69. The van der Waals surface area contributed by atoms with Crippen molar-refractivity contribution in [2.24, 2.45) is 0 Å². The van der Waals surface area contributed by atoms with Crippen LogP contribution in [-0.4, -0.2) is 40.3 Å². The monoisotopic (exact) mass is 289 g/mol. The van der Waals surface area contributed by atoms with Crippen LogP contribution in [0.15, 0.2) is 24.3 Å². The zero-order valence-electron chi connectivity index (χ0n) is 10.5. The lowest BCUT2D eigenvalue weighted by atomic mass is 9.97. The Labute approximate surface area is 113 Å². The van der Waals surface area contributed by atoms with Crippen LogP contribution in [0.1, 0.15) is 23.6 Å². The molecule has 2 atom stereocenters. The Morgan fingerprint density at radius 1 is 1.35 bits per heavy atom. The number of β-amino-alcohol motifs (C(OH)–C–C–N with tert-alkyl or cyclic N) is 1. The smallest absolute Gasteiger partial charge is 0.391 e. The van der Waals surface area contributed by atoms with E-state index < -0.39 is 36.4 Å². The van der Waals surface area contributed by atoms with Crippen LogP contribution >= 0.6 is 0 Å². The van der Waals surface area contributed by atoms with Crippen LogP contribution in [0, 0.1) is 0 Å². The van der Waals surface area contributed by atoms with Gasteiger partial charge in [-0.15, -0.1) is 0 Å². The summed E-state index contributed by atoms with van der Waals surface area (Å²) in [5.41, 5.74) is -0.881. The number of aliphatic hydroxyl groups is 2. The van der Waals surface area contributed by atoms with E-state index in [4.69, 9.17) is 5.11 Å². The van der Waals surface area contributed by atoms with Crippen molar-refractivity contribution in [3.63, 3.8) is 0 Å². The average molecular weight is 289 g/mol. The van der Waals surface area contributed by atoms with E-state index in [9.17, 15) is 23.1 Å². The zero-order valence-corrected chi connectivity index (χ0v) is 10.5. The number of hydrogen-bond acceptors (Lipinski definition) is 3. The number of aliphatic hydroxyl groups excluding tert-OH is 2. The van der Waals surface area contributed by atoms with Gasteiger partial charge in [-0.25, -0.2) is 0 Å². The van der Waals surface area contributed by atoms with Gasteiger partial charge in [-0.2, -0.15) is 13.2 Å². The molecule has 4 nitrogen and oxygen atoms in total. The minimum Gasteiger partial charge on any atom is -0.391 e. The summed E-state index contributed by atoms with van der Waals surface area (Å²) >= 11 is 0. The number of amides is 1. The Morgan fingerprint density at radius 3 is 2.60 bits per heavy atom. The third-order valence-corrected chi connectivity index (χ3v) is 3.36. The number of carbonyl (C=O) groups is 1. The molecule has 1 aliphatic heterocycles. The molecule has 1 fully saturated rings. The number of nitrogens with zero attached hydrogens (tertiary/aromatic N) is 1. The second-order valence-corrected chi connectivity index (χ2v) is 4.69. The molecular weight excluding hydrogens is 275 g/mol. The second kappa shape index (κ2) is 5.41. The van der Waals surface area contributed by atoms with Crippen LogP contribution < -0.4 is 0 Å². The highest BCUT2D eigenvalue weighted by atomic mass is 19.4. The molecule has 1 aliphatic rings. The van der Waals surface area contributed by atoms with E-state index in [2.05, 4.69) is 0 Å². The molecule has 0 aliphatic carbocycles. The van der Waals surface area contributed by atoms with Crippen LogP contribution in [0.2, 0.25) is 0 Å². The quantitative estimate of drug-likeness (QED) is 0.863. The average Bonchev–Trinajstić information content (AvgIpc) is 2.79. The van der Waals surface area contributed by atoms with Crippen molar-refractivity contribution in [2.75, 3.05) is 13.2 Å². The van der Waals surface area contributed by atoms with Gasteiger partial charge in [0.25, 0.3) is 0 Å². The van der Waals surface area contributed by atoms with E-state index in [0.717, 1.165) is 11.0 Å². The first-order valence-electron chi connectivity index (χ1n) is 6.09. The number of carbonyl (C=O) groups excluding carboxylic acids is 1.